The van der Waals surface area contributed by atoms with Crippen LogP contribution in [0, 0.1) is 0 Å². The number of carbonyl (C=O) groups excluding carboxylic acids is 1. The third-order valence-corrected chi connectivity index (χ3v) is 5.50. The summed E-state index contributed by atoms with van der Waals surface area (Å²) < 4.78 is 26.0. The third kappa shape index (κ3) is 2.79. The van der Waals surface area contributed by atoms with E-state index in [1.165, 1.54) is 0 Å². The Hall–Kier alpha value is -3.04. The van der Waals surface area contributed by atoms with Crippen LogP contribution in [0.15, 0.2) is 84.9 Å². The normalized spacial score (nSPS) is 19.0. The number of fused-ring (bicyclic) bond motifs is 1. The van der Waals surface area contributed by atoms with Crippen LogP contribution in [0.4, 0.5) is 5.69 Å². The van der Waals surface area contributed by atoms with Gasteiger partial charge in [0.1, 0.15) is 11.5 Å². The van der Waals surface area contributed by atoms with E-state index >= 15 is 0 Å². The van der Waals surface area contributed by atoms with Crippen LogP contribution in [0.25, 0.3) is 0 Å². The maximum absolute atomic E-state index is 13.6. The molecule has 1 aliphatic heterocycles. The van der Waals surface area contributed by atoms with E-state index in [0.29, 0.717) is 17.0 Å². The van der Waals surface area contributed by atoms with Crippen molar-refractivity contribution in [2.24, 2.45) is 0 Å². The topological polar surface area (TPSA) is 55.8 Å². The van der Waals surface area contributed by atoms with Gasteiger partial charge in [0.25, 0.3) is 5.91 Å². The minimum absolute atomic E-state index is 0.249. The summed E-state index contributed by atoms with van der Waals surface area (Å²) in [4.78, 5) is 13.0. The Morgan fingerprint density at radius 1 is 0.800 bits per heavy atom. The molecule has 6 heteroatoms. The van der Waals surface area contributed by atoms with E-state index in [0.717, 1.165) is 4.67 Å². The number of hydrogen-bond donors (Lipinski definition) is 0. The Balaban J connectivity index is 1.85. The predicted octanol–water partition coefficient (Wildman–Crippen LogP) is 4.91. The summed E-state index contributed by atoms with van der Waals surface area (Å²) in [6.07, 6.45) is 0. The Morgan fingerprint density at radius 2 is 1.40 bits per heavy atom. The Kier molecular flexibility index (Phi) is 3.79. The van der Waals surface area contributed by atoms with Crippen molar-refractivity contribution in [1.29, 1.82) is 0 Å². The van der Waals surface area contributed by atoms with Crippen LogP contribution in [-0.4, -0.2) is 5.91 Å². The van der Waals surface area contributed by atoms with Crippen LogP contribution in [0.2, 0.25) is 0 Å². The lowest BCUT2D eigenvalue weighted by atomic mass is 10.2. The molecular weight excluding hydrogens is 337 g/mol. The number of benzene rings is 3. The molecule has 1 heterocycles. The van der Waals surface area contributed by atoms with Crippen molar-refractivity contribution in [3.05, 3.63) is 90.5 Å². The molecule has 124 valence electrons. The standard InChI is InChI=1S/C19H14NO4P/c21-19-17-13-7-8-14-18(17)24-25(22,23-16-11-5-2-6-12-16)20(19)15-9-3-1-4-10-15/h1-14H/t25-/m0/s1. The summed E-state index contributed by atoms with van der Waals surface area (Å²) in [6, 6.07) is 24.1. The van der Waals surface area contributed by atoms with E-state index in [2.05, 4.69) is 0 Å². The van der Waals surface area contributed by atoms with Gasteiger partial charge in [-0.2, -0.15) is 4.67 Å². The smallest absolute Gasteiger partial charge is 0.400 e. The van der Waals surface area contributed by atoms with Crippen molar-refractivity contribution in [2.75, 3.05) is 4.67 Å². The summed E-state index contributed by atoms with van der Waals surface area (Å²) in [5.41, 5.74) is 0.788. The first-order valence-electron chi connectivity index (χ1n) is 7.71. The summed E-state index contributed by atoms with van der Waals surface area (Å²) >= 11 is 0. The van der Waals surface area contributed by atoms with E-state index in [-0.39, 0.29) is 5.75 Å². The molecule has 0 aromatic heterocycles. The zero-order valence-electron chi connectivity index (χ0n) is 13.1. The highest BCUT2D eigenvalue weighted by Gasteiger charge is 2.47. The molecule has 0 unspecified atom stereocenters. The third-order valence-electron chi connectivity index (χ3n) is 3.73. The van der Waals surface area contributed by atoms with Crippen molar-refractivity contribution in [3.8, 4) is 11.5 Å². The molecule has 3 aromatic carbocycles. The molecule has 1 aliphatic rings. The zero-order valence-corrected chi connectivity index (χ0v) is 14.0. The number of amides is 1. The van der Waals surface area contributed by atoms with Crippen molar-refractivity contribution in [2.45, 2.75) is 0 Å². The minimum atomic E-state index is -3.97. The average molecular weight is 351 g/mol. The number of rotatable bonds is 3. The van der Waals surface area contributed by atoms with E-state index in [1.807, 2.05) is 12.1 Å². The van der Waals surface area contributed by atoms with Crippen LogP contribution in [0.3, 0.4) is 0 Å². The summed E-state index contributed by atoms with van der Waals surface area (Å²) in [6.45, 7) is 0. The first kappa shape index (κ1) is 15.5. The molecule has 1 atom stereocenters. The summed E-state index contributed by atoms with van der Waals surface area (Å²) in [5.74, 6) is 0.185. The molecule has 0 aliphatic carbocycles. The number of carbonyl (C=O) groups is 1. The highest BCUT2D eigenvalue weighted by Crippen LogP contribution is 2.57. The van der Waals surface area contributed by atoms with Crippen LogP contribution < -0.4 is 13.7 Å². The van der Waals surface area contributed by atoms with Gasteiger partial charge in [-0.1, -0.05) is 48.5 Å². The van der Waals surface area contributed by atoms with E-state index in [9.17, 15) is 9.36 Å². The lowest BCUT2D eigenvalue weighted by molar-refractivity contribution is 0.0990. The average Bonchev–Trinajstić information content (AvgIpc) is 2.63. The molecule has 3 aromatic rings. The highest BCUT2D eigenvalue weighted by molar-refractivity contribution is 7.58. The highest BCUT2D eigenvalue weighted by atomic mass is 31.2. The van der Waals surface area contributed by atoms with Crippen molar-refractivity contribution in [1.82, 2.24) is 0 Å². The van der Waals surface area contributed by atoms with Gasteiger partial charge in [0, 0.05) is 0 Å². The lowest BCUT2D eigenvalue weighted by Gasteiger charge is -2.34. The summed E-state index contributed by atoms with van der Waals surface area (Å²) in [5, 5.41) is 0. The number of hydrogen-bond acceptors (Lipinski definition) is 4. The molecule has 0 saturated heterocycles. The Bertz CT molecular complexity index is 959. The van der Waals surface area contributed by atoms with E-state index in [4.69, 9.17) is 9.05 Å². The van der Waals surface area contributed by atoms with Crippen LogP contribution in [-0.2, 0) is 4.57 Å². The van der Waals surface area contributed by atoms with Crippen LogP contribution in [0.5, 0.6) is 11.5 Å². The maximum atomic E-state index is 13.6. The van der Waals surface area contributed by atoms with Gasteiger partial charge >= 0.3 is 7.75 Å². The van der Waals surface area contributed by atoms with Gasteiger partial charge in [0.2, 0.25) is 0 Å². The van der Waals surface area contributed by atoms with Crippen molar-refractivity contribution in [3.63, 3.8) is 0 Å². The second kappa shape index (κ2) is 6.11. The lowest BCUT2D eigenvalue weighted by Crippen LogP contribution is -2.35. The fourth-order valence-corrected chi connectivity index (χ4v) is 4.36. The van der Waals surface area contributed by atoms with Gasteiger partial charge in [-0.3, -0.25) is 4.79 Å². The van der Waals surface area contributed by atoms with Gasteiger partial charge in [-0.05, 0) is 36.4 Å². The summed E-state index contributed by atoms with van der Waals surface area (Å²) in [7, 11) is -3.97. The van der Waals surface area contributed by atoms with E-state index in [1.54, 1.807) is 72.8 Å². The molecule has 25 heavy (non-hydrogen) atoms. The number of nitrogens with zero attached hydrogens (tertiary/aromatic N) is 1. The molecule has 0 N–H and O–H groups in total. The minimum Gasteiger partial charge on any atom is -0.400 e. The molecule has 0 fully saturated rings. The molecule has 0 saturated carbocycles. The fourth-order valence-electron chi connectivity index (χ4n) is 2.62. The second-order valence-corrected chi connectivity index (χ2v) is 7.12. The molecule has 0 spiro atoms. The Labute approximate surface area is 145 Å². The second-order valence-electron chi connectivity index (χ2n) is 5.41. The quantitative estimate of drug-likeness (QED) is 0.629. The van der Waals surface area contributed by atoms with E-state index < -0.39 is 13.7 Å². The molecule has 1 amide bonds. The zero-order chi connectivity index (χ0) is 17.3. The Morgan fingerprint density at radius 3 is 2.12 bits per heavy atom. The van der Waals surface area contributed by atoms with Crippen LogP contribution in [0.1, 0.15) is 10.4 Å². The van der Waals surface area contributed by atoms with Crippen molar-refractivity contribution >= 4 is 19.3 Å². The number of para-hydroxylation sites is 3. The molecule has 5 nitrogen and oxygen atoms in total. The SMILES string of the molecule is O=C1c2ccccc2O[P@@](=O)(Oc2ccccc2)N1c1ccccc1. The van der Waals surface area contributed by atoms with Gasteiger partial charge in [-0.25, -0.2) is 4.57 Å². The van der Waals surface area contributed by atoms with Crippen molar-refractivity contribution < 1.29 is 18.4 Å². The molecular formula is C19H14NO4P. The maximum Gasteiger partial charge on any atom is 0.551 e. The molecule has 0 radical (unpaired) electrons. The first-order chi connectivity index (χ1) is 12.2. The van der Waals surface area contributed by atoms with Gasteiger partial charge in [-0.15, -0.1) is 0 Å². The van der Waals surface area contributed by atoms with Gasteiger partial charge in [0.05, 0.1) is 11.3 Å². The fraction of sp³-hybridized carbons (Fsp3) is 0. The molecule has 0 bridgehead atoms. The van der Waals surface area contributed by atoms with Gasteiger partial charge < -0.3 is 9.05 Å². The van der Waals surface area contributed by atoms with Gasteiger partial charge in [0.15, 0.2) is 0 Å². The number of anilines is 1. The molecule has 4 rings (SSSR count). The monoisotopic (exact) mass is 351 g/mol. The van der Waals surface area contributed by atoms with Crippen LogP contribution >= 0.6 is 7.75 Å². The first-order valence-corrected chi connectivity index (χ1v) is 9.20. The largest absolute Gasteiger partial charge is 0.551 e. The predicted molar refractivity (Wildman–Crippen MR) is 95.0 cm³/mol.